The lowest BCUT2D eigenvalue weighted by molar-refractivity contribution is 0.216. The highest BCUT2D eigenvalue weighted by molar-refractivity contribution is 6.31. The Labute approximate surface area is 176 Å². The summed E-state index contributed by atoms with van der Waals surface area (Å²) >= 11 is 6.17. The molecule has 0 aliphatic carbocycles. The minimum Gasteiger partial charge on any atom is -0.471 e. The van der Waals surface area contributed by atoms with Gasteiger partial charge in [-0.1, -0.05) is 48.0 Å². The van der Waals surface area contributed by atoms with E-state index in [0.717, 1.165) is 25.2 Å². The van der Waals surface area contributed by atoms with E-state index in [0.29, 0.717) is 10.9 Å². The van der Waals surface area contributed by atoms with Crippen molar-refractivity contribution in [1.29, 1.82) is 0 Å². The normalized spacial score (nSPS) is 15.8. The van der Waals surface area contributed by atoms with Gasteiger partial charge in [0.25, 0.3) is 0 Å². The first-order chi connectivity index (χ1) is 13.2. The number of benzene rings is 2. The maximum atomic E-state index is 6.17. The molecule has 2 heterocycles. The molecule has 3 aromatic rings. The van der Waals surface area contributed by atoms with E-state index < -0.39 is 0 Å². The molecule has 28 heavy (non-hydrogen) atoms. The second-order valence-corrected chi connectivity index (χ2v) is 7.02. The van der Waals surface area contributed by atoms with E-state index in [1.54, 1.807) is 12.3 Å². The number of nitrogens with one attached hydrogen (secondary N) is 1. The van der Waals surface area contributed by atoms with Crippen LogP contribution in [-0.4, -0.2) is 31.2 Å². The molecule has 0 bridgehead atoms. The third-order valence-electron chi connectivity index (χ3n) is 4.86. The van der Waals surface area contributed by atoms with E-state index in [-0.39, 0.29) is 18.5 Å². The molecular formula is C22H23Cl2N3O. The molecule has 1 aromatic heterocycles. The van der Waals surface area contributed by atoms with Gasteiger partial charge in [0.05, 0.1) is 17.9 Å². The summed E-state index contributed by atoms with van der Waals surface area (Å²) in [5.74, 6) is 0.513. The molecule has 1 N–H and O–H groups in total. The third-order valence-corrected chi connectivity index (χ3v) is 5.15. The van der Waals surface area contributed by atoms with E-state index in [4.69, 9.17) is 16.3 Å². The standard InChI is InChI=1S/C22H22ClN3O.ClH/c1-24-20-14-17(16-6-3-2-4-7-16)9-10-21(20)26-13-11-18(15-26)27-22-19(23)8-5-12-25-22;/h2-10,12,14,18,24H,11,13,15H2,1H3;1H. The van der Waals surface area contributed by atoms with Crippen LogP contribution in [0, 0.1) is 0 Å². The summed E-state index contributed by atoms with van der Waals surface area (Å²) in [6.07, 6.45) is 2.72. The molecule has 1 saturated heterocycles. The van der Waals surface area contributed by atoms with Gasteiger partial charge in [-0.15, -0.1) is 12.4 Å². The van der Waals surface area contributed by atoms with Crippen LogP contribution in [0.5, 0.6) is 5.88 Å². The first kappa shape index (κ1) is 20.3. The highest BCUT2D eigenvalue weighted by atomic mass is 35.5. The fourth-order valence-electron chi connectivity index (χ4n) is 3.48. The second-order valence-electron chi connectivity index (χ2n) is 6.61. The van der Waals surface area contributed by atoms with Crippen LogP contribution in [0.3, 0.4) is 0 Å². The van der Waals surface area contributed by atoms with Crippen molar-refractivity contribution in [2.75, 3.05) is 30.4 Å². The molecule has 0 radical (unpaired) electrons. The fraction of sp³-hybridized carbons (Fsp3) is 0.227. The Hall–Kier alpha value is -2.43. The molecule has 1 aliphatic heterocycles. The van der Waals surface area contributed by atoms with E-state index in [1.165, 1.54) is 16.8 Å². The van der Waals surface area contributed by atoms with Crippen LogP contribution in [0.2, 0.25) is 5.02 Å². The monoisotopic (exact) mass is 415 g/mol. The maximum absolute atomic E-state index is 6.17. The van der Waals surface area contributed by atoms with Crippen molar-refractivity contribution < 1.29 is 4.74 Å². The van der Waals surface area contributed by atoms with Gasteiger partial charge < -0.3 is 15.0 Å². The molecule has 0 amide bonds. The van der Waals surface area contributed by atoms with Crippen molar-refractivity contribution in [3.8, 4) is 17.0 Å². The number of nitrogens with zero attached hydrogens (tertiary/aromatic N) is 2. The van der Waals surface area contributed by atoms with Crippen LogP contribution >= 0.6 is 24.0 Å². The molecule has 0 spiro atoms. The Bertz CT molecular complexity index is 921. The quantitative estimate of drug-likeness (QED) is 0.594. The second kappa shape index (κ2) is 9.18. The molecule has 1 atom stereocenters. The number of ether oxygens (including phenoxy) is 1. The van der Waals surface area contributed by atoms with E-state index >= 15 is 0 Å². The van der Waals surface area contributed by atoms with Gasteiger partial charge in [-0.3, -0.25) is 0 Å². The molecule has 1 aliphatic rings. The van der Waals surface area contributed by atoms with Gasteiger partial charge in [0.15, 0.2) is 0 Å². The SMILES string of the molecule is CNc1cc(-c2ccccc2)ccc1N1CCC(Oc2ncccc2Cl)C1.Cl. The number of halogens is 2. The lowest BCUT2D eigenvalue weighted by atomic mass is 10.0. The average molecular weight is 416 g/mol. The number of rotatable bonds is 5. The lowest BCUT2D eigenvalue weighted by Crippen LogP contribution is -2.25. The Morgan fingerprint density at radius 3 is 2.64 bits per heavy atom. The van der Waals surface area contributed by atoms with E-state index in [9.17, 15) is 0 Å². The molecule has 0 saturated carbocycles. The molecule has 4 nitrogen and oxygen atoms in total. The van der Waals surface area contributed by atoms with Crippen molar-refractivity contribution in [2.45, 2.75) is 12.5 Å². The van der Waals surface area contributed by atoms with E-state index in [2.05, 4.69) is 57.7 Å². The minimum atomic E-state index is 0. The summed E-state index contributed by atoms with van der Waals surface area (Å²) in [4.78, 5) is 6.58. The topological polar surface area (TPSA) is 37.4 Å². The zero-order valence-corrected chi connectivity index (χ0v) is 17.2. The van der Waals surface area contributed by atoms with Crippen LogP contribution in [0.25, 0.3) is 11.1 Å². The van der Waals surface area contributed by atoms with Crippen LogP contribution in [-0.2, 0) is 0 Å². The number of hydrogen-bond acceptors (Lipinski definition) is 4. The van der Waals surface area contributed by atoms with Gasteiger partial charge in [-0.25, -0.2) is 4.98 Å². The Morgan fingerprint density at radius 2 is 1.89 bits per heavy atom. The van der Waals surface area contributed by atoms with Gasteiger partial charge in [-0.2, -0.15) is 0 Å². The Kier molecular flexibility index (Phi) is 6.65. The summed E-state index contributed by atoms with van der Waals surface area (Å²) in [6, 6.07) is 20.6. The van der Waals surface area contributed by atoms with Crippen LogP contribution in [0.4, 0.5) is 11.4 Å². The molecule has 146 valence electrons. The lowest BCUT2D eigenvalue weighted by Gasteiger charge is -2.23. The number of anilines is 2. The number of hydrogen-bond donors (Lipinski definition) is 1. The fourth-order valence-corrected chi connectivity index (χ4v) is 3.65. The Balaban J connectivity index is 0.00000225. The summed E-state index contributed by atoms with van der Waals surface area (Å²) < 4.78 is 6.02. The molecule has 1 unspecified atom stereocenters. The highest BCUT2D eigenvalue weighted by Crippen LogP contribution is 2.34. The van der Waals surface area contributed by atoms with Crippen molar-refractivity contribution in [2.24, 2.45) is 0 Å². The smallest absolute Gasteiger partial charge is 0.232 e. The molecular weight excluding hydrogens is 393 g/mol. The summed E-state index contributed by atoms with van der Waals surface area (Å²) in [7, 11) is 1.96. The third kappa shape index (κ3) is 4.34. The zero-order valence-electron chi connectivity index (χ0n) is 15.6. The maximum Gasteiger partial charge on any atom is 0.232 e. The number of pyridine rings is 1. The summed E-state index contributed by atoms with van der Waals surface area (Å²) in [5, 5.41) is 3.90. The van der Waals surface area contributed by atoms with Gasteiger partial charge in [-0.05, 0) is 35.4 Å². The van der Waals surface area contributed by atoms with Gasteiger partial charge in [0, 0.05) is 26.2 Å². The highest BCUT2D eigenvalue weighted by Gasteiger charge is 2.26. The molecule has 6 heteroatoms. The predicted octanol–water partition coefficient (Wildman–Crippen LogP) is 5.52. The van der Waals surface area contributed by atoms with Crippen molar-refractivity contribution in [1.82, 2.24) is 4.98 Å². The average Bonchev–Trinajstić information content (AvgIpc) is 3.18. The number of aromatic nitrogens is 1. The molecule has 1 fully saturated rings. The van der Waals surface area contributed by atoms with Crippen molar-refractivity contribution in [3.63, 3.8) is 0 Å². The van der Waals surface area contributed by atoms with Crippen molar-refractivity contribution in [3.05, 3.63) is 71.9 Å². The van der Waals surface area contributed by atoms with Crippen molar-refractivity contribution >= 4 is 35.4 Å². The minimum absolute atomic E-state index is 0. The first-order valence-corrected chi connectivity index (χ1v) is 9.52. The summed E-state index contributed by atoms with van der Waals surface area (Å²) in [5.41, 5.74) is 4.73. The van der Waals surface area contributed by atoms with Gasteiger partial charge in [0.1, 0.15) is 11.1 Å². The first-order valence-electron chi connectivity index (χ1n) is 9.14. The van der Waals surface area contributed by atoms with Crippen LogP contribution in [0.15, 0.2) is 66.9 Å². The van der Waals surface area contributed by atoms with Crippen LogP contribution in [0.1, 0.15) is 6.42 Å². The molecule has 4 rings (SSSR count). The Morgan fingerprint density at radius 1 is 1.07 bits per heavy atom. The van der Waals surface area contributed by atoms with Crippen LogP contribution < -0.4 is 15.0 Å². The van der Waals surface area contributed by atoms with Gasteiger partial charge >= 0.3 is 0 Å². The zero-order chi connectivity index (χ0) is 18.6. The molecule has 2 aromatic carbocycles. The van der Waals surface area contributed by atoms with Gasteiger partial charge in [0.2, 0.25) is 5.88 Å². The van der Waals surface area contributed by atoms with E-state index in [1.807, 2.05) is 19.2 Å². The predicted molar refractivity (Wildman–Crippen MR) is 119 cm³/mol. The largest absolute Gasteiger partial charge is 0.471 e. The summed E-state index contributed by atoms with van der Waals surface area (Å²) in [6.45, 7) is 1.75.